The number of pyridine rings is 1. The lowest BCUT2D eigenvalue weighted by molar-refractivity contribution is -0.274. The van der Waals surface area contributed by atoms with Crippen LogP contribution in [-0.2, 0) is 0 Å². The summed E-state index contributed by atoms with van der Waals surface area (Å²) in [6.07, 6.45) is -2.03. The van der Waals surface area contributed by atoms with Crippen LogP contribution in [0.3, 0.4) is 0 Å². The second kappa shape index (κ2) is 7.78. The molecule has 0 unspecified atom stereocenters. The van der Waals surface area contributed by atoms with Gasteiger partial charge in [-0.05, 0) is 59.1 Å². The van der Waals surface area contributed by atoms with Gasteiger partial charge in [-0.3, -0.25) is 14.3 Å². The fourth-order valence-corrected chi connectivity index (χ4v) is 3.97. The molecule has 7 nitrogen and oxygen atoms in total. The molecule has 0 spiro atoms. The number of H-pyrrole nitrogens is 1. The van der Waals surface area contributed by atoms with E-state index in [9.17, 15) is 22.8 Å². The summed E-state index contributed by atoms with van der Waals surface area (Å²) < 4.78 is 43.0. The van der Waals surface area contributed by atoms with Crippen molar-refractivity contribution in [3.05, 3.63) is 57.0 Å². The molecule has 158 valence electrons. The lowest BCUT2D eigenvalue weighted by atomic mass is 10.0. The highest BCUT2D eigenvalue weighted by molar-refractivity contribution is 9.10. The number of rotatable bonds is 3. The number of carbonyl (C=O) groups is 1. The Balaban J connectivity index is 1.45. The van der Waals surface area contributed by atoms with Crippen LogP contribution in [0, 0.1) is 0 Å². The fourth-order valence-electron chi connectivity index (χ4n) is 3.65. The van der Waals surface area contributed by atoms with Gasteiger partial charge in [0.05, 0.1) is 5.52 Å². The van der Waals surface area contributed by atoms with Gasteiger partial charge in [-0.2, -0.15) is 0 Å². The molecule has 1 aliphatic rings. The molecule has 11 heteroatoms. The maximum absolute atomic E-state index is 12.7. The molecule has 0 aliphatic carbocycles. The van der Waals surface area contributed by atoms with Crippen LogP contribution < -0.4 is 10.4 Å². The van der Waals surface area contributed by atoms with Gasteiger partial charge in [0.15, 0.2) is 5.65 Å². The van der Waals surface area contributed by atoms with Crippen LogP contribution in [0.2, 0.25) is 0 Å². The maximum Gasteiger partial charge on any atom is 0.573 e. The smallest absolute Gasteiger partial charge is 0.406 e. The summed E-state index contributed by atoms with van der Waals surface area (Å²) in [5, 5.41) is 0. The van der Waals surface area contributed by atoms with E-state index in [4.69, 9.17) is 0 Å². The Morgan fingerprint density at radius 3 is 2.50 bits per heavy atom. The Hall–Kier alpha value is -2.82. The third-order valence-corrected chi connectivity index (χ3v) is 5.42. The highest BCUT2D eigenvalue weighted by Gasteiger charge is 2.31. The number of nitrogens with zero attached hydrogens (tertiary/aromatic N) is 3. The van der Waals surface area contributed by atoms with Gasteiger partial charge in [-0.15, -0.1) is 13.2 Å². The Kier molecular flexibility index (Phi) is 5.31. The second-order valence-corrected chi connectivity index (χ2v) is 7.83. The molecular formula is C19H16BrF3N4O3. The van der Waals surface area contributed by atoms with Gasteiger partial charge in [0.2, 0.25) is 0 Å². The van der Waals surface area contributed by atoms with Gasteiger partial charge in [0, 0.05) is 35.4 Å². The quantitative estimate of drug-likeness (QED) is 0.611. The first-order valence-electron chi connectivity index (χ1n) is 9.12. The average molecular weight is 485 g/mol. The Morgan fingerprint density at radius 1 is 1.20 bits per heavy atom. The number of benzene rings is 1. The third kappa shape index (κ3) is 4.20. The normalized spacial score (nSPS) is 15.5. The number of ether oxygens (including phenoxy) is 1. The Morgan fingerprint density at radius 2 is 1.87 bits per heavy atom. The van der Waals surface area contributed by atoms with Crippen molar-refractivity contribution < 1.29 is 22.7 Å². The van der Waals surface area contributed by atoms with Crippen LogP contribution in [0.5, 0.6) is 5.75 Å². The molecule has 3 aromatic rings. The number of piperidine rings is 1. The molecule has 1 aromatic carbocycles. The summed E-state index contributed by atoms with van der Waals surface area (Å²) in [7, 11) is 0. The van der Waals surface area contributed by atoms with Crippen LogP contribution in [-0.4, -0.2) is 44.8 Å². The Labute approximate surface area is 176 Å². The first kappa shape index (κ1) is 20.5. The number of alkyl halides is 3. The zero-order chi connectivity index (χ0) is 21.5. The summed E-state index contributed by atoms with van der Waals surface area (Å²) >= 11 is 3.36. The SMILES string of the molecule is O=C(c1ccc(OC(F)(F)F)cc1)N1CCC(n2c(=O)[nH]c3ncc(Br)cc32)CC1. The van der Waals surface area contributed by atoms with E-state index in [2.05, 4.69) is 30.6 Å². The van der Waals surface area contributed by atoms with Crippen molar-refractivity contribution in [2.45, 2.75) is 25.2 Å². The molecule has 1 saturated heterocycles. The molecular weight excluding hydrogens is 469 g/mol. The van der Waals surface area contributed by atoms with E-state index in [1.54, 1.807) is 15.7 Å². The van der Waals surface area contributed by atoms with Crippen LogP contribution >= 0.6 is 15.9 Å². The van der Waals surface area contributed by atoms with Crippen LogP contribution in [0.25, 0.3) is 11.2 Å². The van der Waals surface area contributed by atoms with E-state index in [1.165, 1.54) is 12.1 Å². The van der Waals surface area contributed by atoms with Crippen molar-refractivity contribution in [1.82, 2.24) is 19.4 Å². The topological polar surface area (TPSA) is 80.2 Å². The van der Waals surface area contributed by atoms with E-state index in [0.29, 0.717) is 37.1 Å². The van der Waals surface area contributed by atoms with E-state index in [1.807, 2.05) is 6.07 Å². The highest BCUT2D eigenvalue weighted by atomic mass is 79.9. The highest BCUT2D eigenvalue weighted by Crippen LogP contribution is 2.27. The lowest BCUT2D eigenvalue weighted by Crippen LogP contribution is -2.40. The number of hydrogen-bond acceptors (Lipinski definition) is 4. The van der Waals surface area contributed by atoms with Crippen molar-refractivity contribution in [3.8, 4) is 5.75 Å². The number of aromatic amines is 1. The minimum atomic E-state index is -4.78. The zero-order valence-corrected chi connectivity index (χ0v) is 17.0. The van der Waals surface area contributed by atoms with Crippen LogP contribution in [0.4, 0.5) is 13.2 Å². The molecule has 3 heterocycles. The number of nitrogens with one attached hydrogen (secondary N) is 1. The molecule has 0 bridgehead atoms. The van der Waals surface area contributed by atoms with Crippen molar-refractivity contribution in [3.63, 3.8) is 0 Å². The first-order chi connectivity index (χ1) is 14.2. The Bertz CT molecular complexity index is 1130. The standard InChI is InChI=1S/C19H16BrF3N4O3/c20-12-9-15-16(24-10-12)25-18(29)27(15)13-5-7-26(8-6-13)17(28)11-1-3-14(4-2-11)30-19(21,22)23/h1-4,9-10,13H,5-8H2,(H,24,25,29). The molecule has 30 heavy (non-hydrogen) atoms. The minimum absolute atomic E-state index is 0.0889. The van der Waals surface area contributed by atoms with Crippen molar-refractivity contribution >= 4 is 33.0 Å². The number of hydrogen-bond donors (Lipinski definition) is 1. The molecule has 4 rings (SSSR count). The molecule has 0 atom stereocenters. The number of imidazole rings is 1. The molecule has 0 radical (unpaired) electrons. The van der Waals surface area contributed by atoms with Crippen molar-refractivity contribution in [2.24, 2.45) is 0 Å². The van der Waals surface area contributed by atoms with Crippen molar-refractivity contribution in [1.29, 1.82) is 0 Å². The molecule has 1 amide bonds. The molecule has 1 N–H and O–H groups in total. The van der Waals surface area contributed by atoms with Crippen molar-refractivity contribution in [2.75, 3.05) is 13.1 Å². The molecule has 1 fully saturated rings. The van der Waals surface area contributed by atoms with Gasteiger partial charge < -0.3 is 9.64 Å². The van der Waals surface area contributed by atoms with E-state index in [0.717, 1.165) is 16.6 Å². The predicted molar refractivity (Wildman–Crippen MR) is 105 cm³/mol. The average Bonchev–Trinajstić information content (AvgIpc) is 3.02. The van der Waals surface area contributed by atoms with Gasteiger partial charge in [-0.1, -0.05) is 0 Å². The van der Waals surface area contributed by atoms with Gasteiger partial charge in [0.1, 0.15) is 5.75 Å². The van der Waals surface area contributed by atoms with Crippen LogP contribution in [0.15, 0.2) is 45.8 Å². The summed E-state index contributed by atoms with van der Waals surface area (Å²) in [6.45, 7) is 0.843. The summed E-state index contributed by atoms with van der Waals surface area (Å²) in [4.78, 5) is 33.6. The number of fused-ring (bicyclic) bond motifs is 1. The van der Waals surface area contributed by atoms with Gasteiger partial charge in [-0.25, -0.2) is 9.78 Å². The minimum Gasteiger partial charge on any atom is -0.406 e. The number of aromatic nitrogens is 3. The van der Waals surface area contributed by atoms with Gasteiger partial charge in [0.25, 0.3) is 5.91 Å². The lowest BCUT2D eigenvalue weighted by Gasteiger charge is -2.32. The second-order valence-electron chi connectivity index (χ2n) is 6.92. The third-order valence-electron chi connectivity index (χ3n) is 4.99. The molecule has 1 aliphatic heterocycles. The van der Waals surface area contributed by atoms with Crippen LogP contribution in [0.1, 0.15) is 29.2 Å². The number of amides is 1. The number of carbonyl (C=O) groups excluding carboxylic acids is 1. The number of halogens is 4. The maximum atomic E-state index is 12.7. The van der Waals surface area contributed by atoms with E-state index < -0.39 is 6.36 Å². The van der Waals surface area contributed by atoms with Gasteiger partial charge >= 0.3 is 12.1 Å². The fraction of sp³-hybridized carbons (Fsp3) is 0.316. The largest absolute Gasteiger partial charge is 0.573 e. The number of likely N-dealkylation sites (tertiary alicyclic amines) is 1. The van der Waals surface area contributed by atoms with E-state index in [-0.39, 0.29) is 29.0 Å². The summed E-state index contributed by atoms with van der Waals surface area (Å²) in [5.74, 6) is -0.654. The summed E-state index contributed by atoms with van der Waals surface area (Å²) in [6, 6.07) is 6.58. The monoisotopic (exact) mass is 484 g/mol. The van der Waals surface area contributed by atoms with E-state index >= 15 is 0 Å². The zero-order valence-electron chi connectivity index (χ0n) is 15.4. The molecule has 2 aromatic heterocycles. The summed E-state index contributed by atoms with van der Waals surface area (Å²) in [5.41, 5.74) is 1.23. The molecule has 0 saturated carbocycles. The first-order valence-corrected chi connectivity index (χ1v) is 9.91. The predicted octanol–water partition coefficient (Wildman–Crippen LogP) is 3.86.